The zero-order valence-electron chi connectivity index (χ0n) is 15.1. The third-order valence-electron chi connectivity index (χ3n) is 4.29. The molecule has 1 aliphatic heterocycles. The fraction of sp³-hybridized carbons (Fsp3) is 0.211. The van der Waals surface area contributed by atoms with Gasteiger partial charge in [-0.3, -0.25) is 29.4 Å². The van der Waals surface area contributed by atoms with Crippen LogP contribution in [0.25, 0.3) is 0 Å². The quantitative estimate of drug-likeness (QED) is 0.324. The van der Waals surface area contributed by atoms with E-state index in [4.69, 9.17) is 9.47 Å². The molecule has 28 heavy (non-hydrogen) atoms. The second kappa shape index (κ2) is 7.47. The van der Waals surface area contributed by atoms with Gasteiger partial charge in [0.1, 0.15) is 24.5 Å². The predicted octanol–water partition coefficient (Wildman–Crippen LogP) is 2.25. The second-order valence-electron chi connectivity index (χ2n) is 6.13. The number of nitro groups is 1. The van der Waals surface area contributed by atoms with E-state index in [-0.39, 0.29) is 17.7 Å². The maximum absolute atomic E-state index is 12.5. The highest BCUT2D eigenvalue weighted by Crippen LogP contribution is 2.30. The largest absolute Gasteiger partial charge is 0.496 e. The average Bonchev–Trinajstić information content (AvgIpc) is 2.91. The molecule has 0 unspecified atom stereocenters. The van der Waals surface area contributed by atoms with Crippen LogP contribution in [0.4, 0.5) is 5.69 Å². The van der Waals surface area contributed by atoms with Gasteiger partial charge >= 0.3 is 5.97 Å². The molecule has 0 N–H and O–H groups in total. The molecule has 3 rings (SSSR count). The van der Waals surface area contributed by atoms with Gasteiger partial charge in [0.2, 0.25) is 0 Å². The highest BCUT2D eigenvalue weighted by atomic mass is 16.6. The molecule has 2 amide bonds. The molecular formula is C19H16N2O7. The fourth-order valence-corrected chi connectivity index (χ4v) is 2.96. The molecular weight excluding hydrogens is 368 g/mol. The van der Waals surface area contributed by atoms with Gasteiger partial charge in [0.05, 0.1) is 17.6 Å². The molecule has 0 atom stereocenters. The molecule has 0 spiro atoms. The van der Waals surface area contributed by atoms with Crippen LogP contribution in [-0.2, 0) is 16.1 Å². The van der Waals surface area contributed by atoms with Gasteiger partial charge in [-0.2, -0.15) is 0 Å². The van der Waals surface area contributed by atoms with Gasteiger partial charge in [-0.25, -0.2) is 0 Å². The van der Waals surface area contributed by atoms with Gasteiger partial charge in [0, 0.05) is 11.6 Å². The van der Waals surface area contributed by atoms with Crippen molar-refractivity contribution in [2.24, 2.45) is 0 Å². The first kappa shape index (κ1) is 19.0. The summed E-state index contributed by atoms with van der Waals surface area (Å²) >= 11 is 0. The Morgan fingerprint density at radius 1 is 1.18 bits per heavy atom. The lowest BCUT2D eigenvalue weighted by molar-refractivity contribution is -0.385. The van der Waals surface area contributed by atoms with Gasteiger partial charge in [0.25, 0.3) is 17.5 Å². The van der Waals surface area contributed by atoms with Gasteiger partial charge in [-0.15, -0.1) is 0 Å². The Hall–Kier alpha value is -3.75. The fourth-order valence-electron chi connectivity index (χ4n) is 2.96. The lowest BCUT2D eigenvalue weighted by Crippen LogP contribution is -2.35. The van der Waals surface area contributed by atoms with Crippen molar-refractivity contribution in [2.45, 2.75) is 13.5 Å². The molecule has 1 aliphatic rings. The van der Waals surface area contributed by atoms with E-state index in [0.29, 0.717) is 16.2 Å². The van der Waals surface area contributed by atoms with Crippen molar-refractivity contribution >= 4 is 23.5 Å². The number of carbonyl (C=O) groups is 3. The summed E-state index contributed by atoms with van der Waals surface area (Å²) in [4.78, 5) is 48.0. The number of benzene rings is 2. The molecule has 2 aromatic rings. The van der Waals surface area contributed by atoms with Crippen LogP contribution in [0, 0.1) is 17.0 Å². The van der Waals surface area contributed by atoms with Gasteiger partial charge in [-0.05, 0) is 25.1 Å². The summed E-state index contributed by atoms with van der Waals surface area (Å²) in [5, 5.41) is 11.1. The molecule has 2 aromatic carbocycles. The number of carbonyl (C=O) groups excluding carboxylic acids is 3. The van der Waals surface area contributed by atoms with Crippen molar-refractivity contribution in [3.8, 4) is 5.75 Å². The Labute approximate surface area is 159 Å². The summed E-state index contributed by atoms with van der Waals surface area (Å²) in [5.74, 6) is -1.94. The lowest BCUT2D eigenvalue weighted by atomic mass is 10.1. The highest BCUT2D eigenvalue weighted by molar-refractivity contribution is 6.24. The normalized spacial score (nSPS) is 12.7. The summed E-state index contributed by atoms with van der Waals surface area (Å²) in [7, 11) is 1.49. The maximum atomic E-state index is 12.5. The number of hydrogen-bond acceptors (Lipinski definition) is 7. The minimum absolute atomic E-state index is 0.104. The Balaban J connectivity index is 1.73. The number of imide groups is 1. The monoisotopic (exact) mass is 384 g/mol. The highest BCUT2D eigenvalue weighted by Gasteiger charge is 2.41. The third-order valence-corrected chi connectivity index (χ3v) is 4.29. The third kappa shape index (κ3) is 3.41. The van der Waals surface area contributed by atoms with Gasteiger partial charge < -0.3 is 9.47 Å². The summed E-state index contributed by atoms with van der Waals surface area (Å²) < 4.78 is 10.4. The van der Waals surface area contributed by atoms with Crippen molar-refractivity contribution in [1.29, 1.82) is 0 Å². The maximum Gasteiger partial charge on any atom is 0.326 e. The number of fused-ring (bicyclic) bond motifs is 1. The number of esters is 1. The van der Waals surface area contributed by atoms with Crippen LogP contribution in [0.15, 0.2) is 36.4 Å². The number of hydrogen-bond donors (Lipinski definition) is 0. The summed E-state index contributed by atoms with van der Waals surface area (Å²) in [5.41, 5.74) is 0.683. The van der Waals surface area contributed by atoms with Crippen LogP contribution >= 0.6 is 0 Å². The molecule has 0 saturated carbocycles. The predicted molar refractivity (Wildman–Crippen MR) is 96.0 cm³/mol. The molecule has 144 valence electrons. The minimum Gasteiger partial charge on any atom is -0.496 e. The molecule has 0 aliphatic carbocycles. The summed E-state index contributed by atoms with van der Waals surface area (Å²) in [6.07, 6.45) is 0. The van der Waals surface area contributed by atoms with E-state index in [9.17, 15) is 24.5 Å². The van der Waals surface area contributed by atoms with Crippen molar-refractivity contribution in [2.75, 3.05) is 13.7 Å². The van der Waals surface area contributed by atoms with Crippen LogP contribution in [0.5, 0.6) is 5.75 Å². The molecule has 0 fully saturated rings. The zero-order chi connectivity index (χ0) is 20.4. The molecule has 0 saturated heterocycles. The number of aryl methyl sites for hydroxylation is 1. The van der Waals surface area contributed by atoms with E-state index in [1.54, 1.807) is 12.1 Å². The molecule has 0 radical (unpaired) electrons. The first-order valence-electron chi connectivity index (χ1n) is 8.26. The van der Waals surface area contributed by atoms with Crippen LogP contribution < -0.4 is 4.74 Å². The van der Waals surface area contributed by atoms with E-state index in [0.717, 1.165) is 11.6 Å². The van der Waals surface area contributed by atoms with Gasteiger partial charge in [-0.1, -0.05) is 17.7 Å². The van der Waals surface area contributed by atoms with Crippen LogP contribution in [0.2, 0.25) is 0 Å². The smallest absolute Gasteiger partial charge is 0.326 e. The molecule has 1 heterocycles. The molecule has 0 aromatic heterocycles. The van der Waals surface area contributed by atoms with Crippen molar-refractivity contribution in [3.63, 3.8) is 0 Å². The Morgan fingerprint density at radius 3 is 2.61 bits per heavy atom. The van der Waals surface area contributed by atoms with Crippen molar-refractivity contribution in [1.82, 2.24) is 4.90 Å². The van der Waals surface area contributed by atoms with E-state index >= 15 is 0 Å². The molecule has 0 bridgehead atoms. The van der Waals surface area contributed by atoms with Gasteiger partial charge in [0.15, 0.2) is 0 Å². The number of methoxy groups -OCH3 is 1. The number of nitrogens with zero attached hydrogens (tertiary/aromatic N) is 2. The van der Waals surface area contributed by atoms with Crippen LogP contribution in [-0.4, -0.2) is 41.3 Å². The first-order valence-corrected chi connectivity index (χ1v) is 8.26. The Bertz CT molecular complexity index is 1000. The molecule has 9 nitrogen and oxygen atoms in total. The Morgan fingerprint density at radius 2 is 1.93 bits per heavy atom. The topological polar surface area (TPSA) is 116 Å². The second-order valence-corrected chi connectivity index (χ2v) is 6.13. The number of amides is 2. The number of rotatable bonds is 6. The van der Waals surface area contributed by atoms with E-state index in [1.165, 1.54) is 19.2 Å². The zero-order valence-corrected chi connectivity index (χ0v) is 15.1. The van der Waals surface area contributed by atoms with Crippen LogP contribution in [0.1, 0.15) is 31.8 Å². The Kier molecular flexibility index (Phi) is 5.08. The number of nitro benzene ring substituents is 1. The lowest BCUT2D eigenvalue weighted by Gasteiger charge is -2.14. The summed E-state index contributed by atoms with van der Waals surface area (Å²) in [6.45, 7) is 1.13. The van der Waals surface area contributed by atoms with E-state index in [1.807, 2.05) is 13.0 Å². The average molecular weight is 384 g/mol. The van der Waals surface area contributed by atoms with Crippen molar-refractivity contribution < 1.29 is 28.8 Å². The SMILES string of the molecule is COc1ccc(C)cc1COC(=O)CN1C(=O)c2cccc([N+](=O)[O-])c2C1=O. The standard InChI is InChI=1S/C19H16N2O7/c1-11-6-7-15(27-2)12(8-11)10-28-16(22)9-20-18(23)13-4-3-5-14(21(25)26)17(13)19(20)24/h3-8H,9-10H2,1-2H3. The first-order chi connectivity index (χ1) is 13.3. The van der Waals surface area contributed by atoms with E-state index < -0.39 is 34.9 Å². The van der Waals surface area contributed by atoms with Crippen LogP contribution in [0.3, 0.4) is 0 Å². The number of ether oxygens (including phenoxy) is 2. The summed E-state index contributed by atoms with van der Waals surface area (Å²) in [6, 6.07) is 9.13. The minimum atomic E-state index is -0.891. The molecule has 9 heteroatoms. The van der Waals surface area contributed by atoms with Crippen molar-refractivity contribution in [3.05, 3.63) is 68.8 Å². The van der Waals surface area contributed by atoms with E-state index in [2.05, 4.69) is 0 Å².